The molecule has 0 aromatic rings. The molecule has 4 bridgehead atoms. The quantitative estimate of drug-likeness (QED) is 0.775. The molecular formula is C20H33ClN2O2. The van der Waals surface area contributed by atoms with Crippen LogP contribution in [0.1, 0.15) is 59.3 Å². The third kappa shape index (κ3) is 3.46. The van der Waals surface area contributed by atoms with Gasteiger partial charge < -0.3 is 10.1 Å². The number of rotatable bonds is 4. The predicted molar refractivity (Wildman–Crippen MR) is 99.8 cm³/mol. The van der Waals surface area contributed by atoms with Gasteiger partial charge in [-0.05, 0) is 71.1 Å². The largest absolute Gasteiger partial charge is 0.373 e. The standard InChI is InChI=1S/C20H33ClN2O2/c1-13(23-10-14(2)25-15(3)11-23)9-22-18(24)19-5-16-4-17(6-19)8-20(21,7-16)12-19/h13-17H,4-12H2,1-3H3,(H,22,24)/t13-,14-,15+,16-,17-,19?,20?/m1/s1. The van der Waals surface area contributed by atoms with Crippen molar-refractivity contribution in [1.29, 1.82) is 0 Å². The first-order valence-corrected chi connectivity index (χ1v) is 10.5. The summed E-state index contributed by atoms with van der Waals surface area (Å²) in [6, 6.07) is 0.344. The number of hydrogen-bond acceptors (Lipinski definition) is 3. The van der Waals surface area contributed by atoms with Crippen molar-refractivity contribution in [2.45, 2.75) is 82.4 Å². The molecule has 5 atom stereocenters. The number of halogens is 1. The zero-order valence-corrected chi connectivity index (χ0v) is 16.6. The van der Waals surface area contributed by atoms with E-state index in [-0.39, 0.29) is 28.4 Å². The van der Waals surface area contributed by atoms with Gasteiger partial charge in [0.15, 0.2) is 0 Å². The Hall–Kier alpha value is -0.320. The van der Waals surface area contributed by atoms with Gasteiger partial charge in [-0.25, -0.2) is 0 Å². The SMILES string of the molecule is C[C@@H]1CN([C@H](C)CNC(=O)C23C[C@H]4C[C@@H](CC(Cl)(C4)C2)C3)C[C@H](C)O1. The number of ether oxygens (including phenoxy) is 1. The van der Waals surface area contributed by atoms with E-state index in [2.05, 4.69) is 31.0 Å². The molecule has 0 radical (unpaired) electrons. The van der Waals surface area contributed by atoms with Crippen molar-refractivity contribution in [3.8, 4) is 0 Å². The first kappa shape index (κ1) is 18.1. The summed E-state index contributed by atoms with van der Waals surface area (Å²) in [7, 11) is 0. The van der Waals surface area contributed by atoms with Gasteiger partial charge in [0.1, 0.15) is 0 Å². The molecule has 0 aromatic heterocycles. The molecule has 5 rings (SSSR count). The van der Waals surface area contributed by atoms with Crippen LogP contribution < -0.4 is 5.32 Å². The zero-order valence-electron chi connectivity index (χ0n) is 15.9. The minimum atomic E-state index is -0.183. The van der Waals surface area contributed by atoms with E-state index < -0.39 is 0 Å². The highest BCUT2D eigenvalue weighted by molar-refractivity contribution is 6.24. The number of carbonyl (C=O) groups excluding carboxylic acids is 1. The second kappa shape index (κ2) is 6.38. The van der Waals surface area contributed by atoms with Gasteiger partial charge in [0.2, 0.25) is 5.91 Å². The van der Waals surface area contributed by atoms with Gasteiger partial charge in [-0.1, -0.05) is 0 Å². The Morgan fingerprint density at radius 3 is 2.36 bits per heavy atom. The van der Waals surface area contributed by atoms with Gasteiger partial charge in [-0.3, -0.25) is 9.69 Å². The highest BCUT2D eigenvalue weighted by atomic mass is 35.5. The van der Waals surface area contributed by atoms with Crippen LogP contribution in [0.15, 0.2) is 0 Å². The minimum Gasteiger partial charge on any atom is -0.373 e. The predicted octanol–water partition coefficient (Wildman–Crippen LogP) is 3.18. The Kier molecular flexibility index (Phi) is 4.61. The van der Waals surface area contributed by atoms with E-state index in [0.717, 1.165) is 51.7 Å². The monoisotopic (exact) mass is 368 g/mol. The average Bonchev–Trinajstić information content (AvgIpc) is 2.48. The van der Waals surface area contributed by atoms with E-state index in [1.807, 2.05) is 0 Å². The topological polar surface area (TPSA) is 41.6 Å². The van der Waals surface area contributed by atoms with E-state index >= 15 is 0 Å². The Labute approximate surface area is 157 Å². The van der Waals surface area contributed by atoms with Crippen LogP contribution >= 0.6 is 11.6 Å². The van der Waals surface area contributed by atoms with Crippen LogP contribution in [-0.2, 0) is 9.53 Å². The fourth-order valence-electron chi connectivity index (χ4n) is 6.55. The maximum absolute atomic E-state index is 13.1. The molecule has 142 valence electrons. The molecule has 1 heterocycles. The fraction of sp³-hybridized carbons (Fsp3) is 0.950. The van der Waals surface area contributed by atoms with Gasteiger partial charge in [0.05, 0.1) is 17.6 Å². The van der Waals surface area contributed by atoms with Crippen molar-refractivity contribution in [3.05, 3.63) is 0 Å². The molecule has 25 heavy (non-hydrogen) atoms. The Bertz CT molecular complexity index is 516. The third-order valence-electron chi connectivity index (χ3n) is 7.10. The normalized spacial score (nSPS) is 47.7. The number of carbonyl (C=O) groups is 1. The van der Waals surface area contributed by atoms with Gasteiger partial charge in [-0.15, -0.1) is 11.6 Å². The lowest BCUT2D eigenvalue weighted by Crippen LogP contribution is -2.59. The van der Waals surface area contributed by atoms with Crippen LogP contribution in [0.5, 0.6) is 0 Å². The Balaban J connectivity index is 1.36. The number of hydrogen-bond donors (Lipinski definition) is 1. The summed E-state index contributed by atoms with van der Waals surface area (Å²) < 4.78 is 5.82. The lowest BCUT2D eigenvalue weighted by atomic mass is 9.49. The summed E-state index contributed by atoms with van der Waals surface area (Å²) in [6.45, 7) is 9.09. The highest BCUT2D eigenvalue weighted by Gasteiger charge is 2.60. The summed E-state index contributed by atoms with van der Waals surface area (Å²) >= 11 is 6.88. The Morgan fingerprint density at radius 2 is 1.80 bits per heavy atom. The van der Waals surface area contributed by atoms with Crippen molar-refractivity contribution >= 4 is 17.5 Å². The zero-order chi connectivity index (χ0) is 17.8. The van der Waals surface area contributed by atoms with E-state index in [1.54, 1.807) is 0 Å². The second-order valence-electron chi connectivity index (χ2n) is 9.66. The Morgan fingerprint density at radius 1 is 1.20 bits per heavy atom. The van der Waals surface area contributed by atoms with Crippen molar-refractivity contribution in [1.82, 2.24) is 10.2 Å². The molecule has 1 N–H and O–H groups in total. The summed E-state index contributed by atoms with van der Waals surface area (Å²) in [5.74, 6) is 1.61. The summed E-state index contributed by atoms with van der Waals surface area (Å²) in [5.41, 5.74) is -0.183. The van der Waals surface area contributed by atoms with E-state index in [0.29, 0.717) is 17.9 Å². The molecule has 1 aliphatic heterocycles. The smallest absolute Gasteiger partial charge is 0.226 e. The number of amides is 1. The van der Waals surface area contributed by atoms with Gasteiger partial charge in [0, 0.05) is 30.6 Å². The fourth-order valence-corrected chi connectivity index (χ4v) is 7.24. The molecule has 0 spiro atoms. The molecule has 0 aromatic carbocycles. The molecule has 0 unspecified atom stereocenters. The summed E-state index contributed by atoms with van der Waals surface area (Å²) in [5, 5.41) is 3.30. The molecule has 4 saturated carbocycles. The number of nitrogens with zero attached hydrogens (tertiary/aromatic N) is 1. The maximum Gasteiger partial charge on any atom is 0.226 e. The molecule has 1 saturated heterocycles. The van der Waals surface area contributed by atoms with Gasteiger partial charge in [-0.2, -0.15) is 0 Å². The van der Waals surface area contributed by atoms with Crippen molar-refractivity contribution < 1.29 is 9.53 Å². The van der Waals surface area contributed by atoms with Crippen LogP contribution in [0, 0.1) is 17.3 Å². The van der Waals surface area contributed by atoms with Crippen LogP contribution in [-0.4, -0.2) is 53.6 Å². The first-order chi connectivity index (χ1) is 11.8. The maximum atomic E-state index is 13.1. The molecule has 4 nitrogen and oxygen atoms in total. The van der Waals surface area contributed by atoms with Crippen LogP contribution in [0.3, 0.4) is 0 Å². The summed E-state index contributed by atoms with van der Waals surface area (Å²) in [6.07, 6.45) is 7.08. The van der Waals surface area contributed by atoms with Crippen molar-refractivity contribution in [2.75, 3.05) is 19.6 Å². The van der Waals surface area contributed by atoms with Crippen molar-refractivity contribution in [2.24, 2.45) is 17.3 Å². The average molecular weight is 369 g/mol. The third-order valence-corrected chi connectivity index (χ3v) is 7.54. The van der Waals surface area contributed by atoms with Gasteiger partial charge in [0.25, 0.3) is 0 Å². The van der Waals surface area contributed by atoms with Crippen LogP contribution in [0.25, 0.3) is 0 Å². The van der Waals surface area contributed by atoms with E-state index in [4.69, 9.17) is 16.3 Å². The highest BCUT2D eigenvalue weighted by Crippen LogP contribution is 2.63. The van der Waals surface area contributed by atoms with Crippen molar-refractivity contribution in [3.63, 3.8) is 0 Å². The van der Waals surface area contributed by atoms with Crippen LogP contribution in [0.2, 0.25) is 0 Å². The molecule has 5 aliphatic rings. The van der Waals surface area contributed by atoms with E-state index in [9.17, 15) is 4.79 Å². The number of alkyl halides is 1. The molecule has 4 aliphatic carbocycles. The number of morpholine rings is 1. The second-order valence-corrected chi connectivity index (χ2v) is 10.5. The van der Waals surface area contributed by atoms with E-state index in [1.165, 1.54) is 6.42 Å². The molecule has 5 heteroatoms. The molecular weight excluding hydrogens is 336 g/mol. The van der Waals surface area contributed by atoms with Crippen LogP contribution in [0.4, 0.5) is 0 Å². The lowest BCUT2D eigenvalue weighted by Gasteiger charge is -2.59. The van der Waals surface area contributed by atoms with Gasteiger partial charge >= 0.3 is 0 Å². The number of nitrogens with one attached hydrogen (secondary N) is 1. The minimum absolute atomic E-state index is 0.0951. The summed E-state index contributed by atoms with van der Waals surface area (Å²) in [4.78, 5) is 15.5. The molecule has 1 amide bonds. The lowest BCUT2D eigenvalue weighted by molar-refractivity contribution is -0.145. The molecule has 5 fully saturated rings. The first-order valence-electron chi connectivity index (χ1n) is 10.1.